The quantitative estimate of drug-likeness (QED) is 0.634. The number of hydrazone groups is 1. The summed E-state index contributed by atoms with van der Waals surface area (Å²) in [4.78, 5) is 27.5. The van der Waals surface area contributed by atoms with Crippen LogP contribution in [-0.2, 0) is 9.59 Å². The van der Waals surface area contributed by atoms with Gasteiger partial charge < -0.3 is 15.1 Å². The van der Waals surface area contributed by atoms with E-state index in [0.29, 0.717) is 25.1 Å². The van der Waals surface area contributed by atoms with E-state index in [1.165, 1.54) is 0 Å². The molecule has 7 heteroatoms. The number of likely N-dealkylation sites (N-methyl/N-ethyl adjacent to an activating group) is 1. The molecule has 2 N–H and O–H groups in total. The molecule has 1 saturated heterocycles. The van der Waals surface area contributed by atoms with Crippen molar-refractivity contribution in [2.45, 2.75) is 19.3 Å². The molecule has 1 fully saturated rings. The van der Waals surface area contributed by atoms with Crippen molar-refractivity contribution >= 4 is 17.5 Å². The molecule has 2 aliphatic heterocycles. The van der Waals surface area contributed by atoms with Gasteiger partial charge in [-0.05, 0) is 20.0 Å². The molecular weight excluding hydrogens is 258 g/mol. The lowest BCUT2D eigenvalue weighted by atomic mass is 10.1. The zero-order chi connectivity index (χ0) is 14.4. The number of rotatable bonds is 5. The molecule has 0 unspecified atom stereocenters. The van der Waals surface area contributed by atoms with E-state index in [1.54, 1.807) is 0 Å². The monoisotopic (exact) mass is 281 g/mol. The molecule has 20 heavy (non-hydrogen) atoms. The minimum Gasteiger partial charge on any atom is -0.351 e. The third kappa shape index (κ3) is 4.57. The smallest absolute Gasteiger partial charge is 0.267 e. The first kappa shape index (κ1) is 14.9. The maximum Gasteiger partial charge on any atom is 0.267 e. The van der Waals surface area contributed by atoms with Gasteiger partial charge in [0.1, 0.15) is 5.71 Å². The summed E-state index contributed by atoms with van der Waals surface area (Å²) in [6.07, 6.45) is 1.71. The van der Waals surface area contributed by atoms with Gasteiger partial charge in [-0.2, -0.15) is 5.10 Å². The number of amides is 2. The Balaban J connectivity index is 1.59. The molecule has 112 valence electrons. The van der Waals surface area contributed by atoms with Crippen LogP contribution in [0.25, 0.3) is 0 Å². The minimum absolute atomic E-state index is 0.128. The Hall–Kier alpha value is -1.47. The average Bonchev–Trinajstić information content (AvgIpc) is 2.46. The molecule has 0 saturated carbocycles. The number of hydrogen-bond donors (Lipinski definition) is 2. The van der Waals surface area contributed by atoms with Crippen molar-refractivity contribution in [3.05, 3.63) is 0 Å². The highest BCUT2D eigenvalue weighted by atomic mass is 16.2. The van der Waals surface area contributed by atoms with E-state index in [2.05, 4.69) is 32.7 Å². The number of nitrogens with one attached hydrogen (secondary N) is 2. The van der Waals surface area contributed by atoms with Crippen LogP contribution in [0.2, 0.25) is 0 Å². The van der Waals surface area contributed by atoms with Crippen molar-refractivity contribution in [2.75, 3.05) is 46.3 Å². The molecule has 2 amide bonds. The van der Waals surface area contributed by atoms with E-state index in [4.69, 9.17) is 0 Å². The summed E-state index contributed by atoms with van der Waals surface area (Å²) >= 11 is 0. The first-order valence-corrected chi connectivity index (χ1v) is 7.19. The largest absolute Gasteiger partial charge is 0.351 e. The number of carbonyl (C=O) groups excluding carboxylic acids is 2. The van der Waals surface area contributed by atoms with Crippen molar-refractivity contribution in [1.82, 2.24) is 20.5 Å². The molecule has 0 bridgehead atoms. The molecule has 0 aliphatic carbocycles. The Morgan fingerprint density at radius 1 is 1.30 bits per heavy atom. The standard InChI is InChI=1S/C13H23N5O2/c1-17-7-9-18(10-8-17)6-2-5-14-13(20)11-3-4-12(19)16-15-11/h2-10H2,1H3,(H,14,20)(H,16,19). The summed E-state index contributed by atoms with van der Waals surface area (Å²) in [5.74, 6) is -0.292. The first-order valence-electron chi connectivity index (χ1n) is 7.19. The third-order valence-corrected chi connectivity index (χ3v) is 3.70. The van der Waals surface area contributed by atoms with Gasteiger partial charge in [-0.25, -0.2) is 5.43 Å². The molecular formula is C13H23N5O2. The maximum absolute atomic E-state index is 11.8. The summed E-state index contributed by atoms with van der Waals surface area (Å²) < 4.78 is 0. The van der Waals surface area contributed by atoms with E-state index >= 15 is 0 Å². The number of hydrogen-bond acceptors (Lipinski definition) is 5. The van der Waals surface area contributed by atoms with Crippen LogP contribution < -0.4 is 10.7 Å². The molecule has 0 spiro atoms. The highest BCUT2D eigenvalue weighted by Gasteiger charge is 2.18. The Morgan fingerprint density at radius 3 is 2.70 bits per heavy atom. The van der Waals surface area contributed by atoms with Crippen LogP contribution in [0.15, 0.2) is 5.10 Å². The van der Waals surface area contributed by atoms with Crippen LogP contribution in [0, 0.1) is 0 Å². The lowest BCUT2D eigenvalue weighted by molar-refractivity contribution is -0.121. The van der Waals surface area contributed by atoms with Gasteiger partial charge >= 0.3 is 0 Å². The van der Waals surface area contributed by atoms with Crippen molar-refractivity contribution in [1.29, 1.82) is 0 Å². The van der Waals surface area contributed by atoms with Gasteiger partial charge in [-0.1, -0.05) is 0 Å². The molecule has 0 aromatic rings. The fourth-order valence-corrected chi connectivity index (χ4v) is 2.32. The summed E-state index contributed by atoms with van der Waals surface area (Å²) in [7, 11) is 2.14. The molecule has 0 atom stereocenters. The highest BCUT2D eigenvalue weighted by Crippen LogP contribution is 2.01. The summed E-state index contributed by atoms with van der Waals surface area (Å²) in [5.41, 5.74) is 2.76. The van der Waals surface area contributed by atoms with E-state index in [0.717, 1.165) is 39.1 Å². The van der Waals surface area contributed by atoms with Crippen LogP contribution >= 0.6 is 0 Å². The van der Waals surface area contributed by atoms with E-state index < -0.39 is 0 Å². The van der Waals surface area contributed by atoms with Gasteiger partial charge in [0.2, 0.25) is 5.91 Å². The number of carbonyl (C=O) groups is 2. The zero-order valence-electron chi connectivity index (χ0n) is 12.0. The second kappa shape index (κ2) is 7.35. The van der Waals surface area contributed by atoms with Crippen LogP contribution in [0.4, 0.5) is 0 Å². The van der Waals surface area contributed by atoms with E-state index in [-0.39, 0.29) is 11.8 Å². The highest BCUT2D eigenvalue weighted by molar-refractivity contribution is 6.39. The van der Waals surface area contributed by atoms with Crippen molar-refractivity contribution < 1.29 is 9.59 Å². The Labute approximate surface area is 119 Å². The van der Waals surface area contributed by atoms with Crippen LogP contribution in [-0.4, -0.2) is 73.6 Å². The van der Waals surface area contributed by atoms with Crippen LogP contribution in [0.5, 0.6) is 0 Å². The van der Waals surface area contributed by atoms with Crippen molar-refractivity contribution in [3.63, 3.8) is 0 Å². The van der Waals surface area contributed by atoms with E-state index in [1.807, 2.05) is 0 Å². The van der Waals surface area contributed by atoms with E-state index in [9.17, 15) is 9.59 Å². The second-order valence-corrected chi connectivity index (χ2v) is 5.35. The Kier molecular flexibility index (Phi) is 5.49. The topological polar surface area (TPSA) is 77.0 Å². The van der Waals surface area contributed by atoms with Gasteiger partial charge in [0.15, 0.2) is 0 Å². The molecule has 2 heterocycles. The van der Waals surface area contributed by atoms with Gasteiger partial charge in [0.05, 0.1) is 0 Å². The lowest BCUT2D eigenvalue weighted by Crippen LogP contribution is -2.45. The fourth-order valence-electron chi connectivity index (χ4n) is 2.32. The maximum atomic E-state index is 11.8. The van der Waals surface area contributed by atoms with Gasteiger partial charge in [-0.15, -0.1) is 0 Å². The average molecular weight is 281 g/mol. The van der Waals surface area contributed by atoms with Crippen LogP contribution in [0.1, 0.15) is 19.3 Å². The first-order chi connectivity index (χ1) is 9.65. The van der Waals surface area contributed by atoms with Gasteiger partial charge in [-0.3, -0.25) is 9.59 Å². The summed E-state index contributed by atoms with van der Waals surface area (Å²) in [6.45, 7) is 6.09. The second-order valence-electron chi connectivity index (χ2n) is 5.35. The predicted octanol–water partition coefficient (Wildman–Crippen LogP) is -0.994. The predicted molar refractivity (Wildman–Crippen MR) is 76.4 cm³/mol. The summed E-state index contributed by atoms with van der Waals surface area (Å²) in [6, 6.07) is 0. The minimum atomic E-state index is -0.164. The van der Waals surface area contributed by atoms with Crippen molar-refractivity contribution in [2.24, 2.45) is 5.10 Å². The Morgan fingerprint density at radius 2 is 2.05 bits per heavy atom. The zero-order valence-corrected chi connectivity index (χ0v) is 12.0. The number of nitrogens with zero attached hydrogens (tertiary/aromatic N) is 3. The number of piperazine rings is 1. The van der Waals surface area contributed by atoms with Gasteiger partial charge in [0, 0.05) is 45.6 Å². The molecule has 0 radical (unpaired) electrons. The van der Waals surface area contributed by atoms with Gasteiger partial charge in [0.25, 0.3) is 5.91 Å². The molecule has 2 rings (SSSR count). The fraction of sp³-hybridized carbons (Fsp3) is 0.769. The van der Waals surface area contributed by atoms with Crippen LogP contribution in [0.3, 0.4) is 0 Å². The normalized spacial score (nSPS) is 21.2. The summed E-state index contributed by atoms with van der Waals surface area (Å²) in [5, 5.41) is 6.63. The van der Waals surface area contributed by atoms with Crippen molar-refractivity contribution in [3.8, 4) is 0 Å². The molecule has 0 aromatic carbocycles. The third-order valence-electron chi connectivity index (χ3n) is 3.70. The SMILES string of the molecule is CN1CCN(CCCNC(=O)C2=NNC(=O)CC2)CC1. The molecule has 7 nitrogen and oxygen atoms in total. The molecule has 2 aliphatic rings. The molecule has 0 aromatic heterocycles. The Bertz CT molecular complexity index is 388. The lowest BCUT2D eigenvalue weighted by Gasteiger charge is -2.32.